The minimum atomic E-state index is -0.726. The van der Waals surface area contributed by atoms with Gasteiger partial charge in [0.25, 0.3) is 0 Å². The van der Waals surface area contributed by atoms with Crippen molar-refractivity contribution in [2.75, 3.05) is 11.5 Å². The number of nitrogens with two attached hydrogens (primary N) is 2. The molecule has 0 bridgehead atoms. The fourth-order valence-corrected chi connectivity index (χ4v) is 1.99. The molecule has 0 saturated carbocycles. The van der Waals surface area contributed by atoms with Crippen LogP contribution in [0.1, 0.15) is 0 Å². The van der Waals surface area contributed by atoms with Crippen LogP contribution in [0.3, 0.4) is 0 Å². The number of anilines is 2. The number of nitrogens with zero attached hydrogens (tertiary/aromatic N) is 4. The molecule has 0 amide bonds. The van der Waals surface area contributed by atoms with Crippen molar-refractivity contribution in [1.82, 2.24) is 9.97 Å². The summed E-state index contributed by atoms with van der Waals surface area (Å²) in [6, 6.07) is 0. The molecule has 0 fully saturated rings. The third-order valence-electron chi connectivity index (χ3n) is 2.32. The summed E-state index contributed by atoms with van der Waals surface area (Å²) in [6.07, 6.45) is 2.32. The number of pyridine rings is 2. The van der Waals surface area contributed by atoms with E-state index in [-0.39, 0.29) is 31.7 Å². The van der Waals surface area contributed by atoms with E-state index in [4.69, 9.17) is 57.9 Å². The number of rotatable bonds is 2. The van der Waals surface area contributed by atoms with E-state index < -0.39 is 21.2 Å². The molecule has 0 unspecified atom stereocenters. The van der Waals surface area contributed by atoms with E-state index in [1.165, 1.54) is 0 Å². The third kappa shape index (κ3) is 4.45. The van der Waals surface area contributed by atoms with Crippen molar-refractivity contribution in [1.29, 1.82) is 0 Å². The Morgan fingerprint density at radius 3 is 1.29 bits per heavy atom. The molecule has 0 aromatic carbocycles. The maximum atomic E-state index is 10.3. The van der Waals surface area contributed by atoms with E-state index in [1.807, 2.05) is 0 Å². The number of aromatic nitrogens is 2. The van der Waals surface area contributed by atoms with Crippen molar-refractivity contribution >= 4 is 69.4 Å². The minimum Gasteiger partial charge on any atom is -0.378 e. The average Bonchev–Trinajstić information content (AvgIpc) is 2.48. The lowest BCUT2D eigenvalue weighted by molar-refractivity contribution is -0.384. The highest BCUT2D eigenvalue weighted by Gasteiger charge is 2.21. The van der Waals surface area contributed by atoms with Gasteiger partial charge >= 0.3 is 11.4 Å². The number of halogens is 4. The Morgan fingerprint density at radius 1 is 0.792 bits per heavy atom. The Balaban J connectivity index is 0.000000240. The molecule has 0 atom stereocenters. The van der Waals surface area contributed by atoms with E-state index >= 15 is 0 Å². The summed E-state index contributed by atoms with van der Waals surface area (Å²) in [6.45, 7) is 0. The molecule has 128 valence electrons. The molecule has 2 heterocycles. The number of nitrogen functional groups attached to an aromatic ring is 2. The van der Waals surface area contributed by atoms with E-state index in [1.54, 1.807) is 0 Å². The quantitative estimate of drug-likeness (QED) is 0.552. The zero-order valence-corrected chi connectivity index (χ0v) is 14.3. The van der Waals surface area contributed by atoms with Gasteiger partial charge in [0.05, 0.1) is 19.9 Å². The Kier molecular flexibility index (Phi) is 6.72. The number of nitro groups is 2. The lowest BCUT2D eigenvalue weighted by Crippen LogP contribution is -1.99. The van der Waals surface area contributed by atoms with E-state index in [0.29, 0.717) is 0 Å². The second-order valence-corrected chi connectivity index (χ2v) is 5.39. The van der Waals surface area contributed by atoms with Gasteiger partial charge in [0.15, 0.2) is 0 Å². The predicted molar refractivity (Wildman–Crippen MR) is 90.6 cm³/mol. The summed E-state index contributed by atoms with van der Waals surface area (Å²) in [5.74, 6) is -0.483. The normalized spacial score (nSPS) is 9.83. The van der Waals surface area contributed by atoms with Crippen molar-refractivity contribution in [3.8, 4) is 0 Å². The van der Waals surface area contributed by atoms with Crippen molar-refractivity contribution in [3.63, 3.8) is 0 Å². The molecule has 0 aliphatic rings. The second-order valence-electron chi connectivity index (χ2n) is 3.82. The van der Waals surface area contributed by atoms with Gasteiger partial charge in [-0.2, -0.15) is 0 Å². The highest BCUT2D eigenvalue weighted by Crippen LogP contribution is 2.35. The van der Waals surface area contributed by atoms with E-state index in [2.05, 4.69) is 9.97 Å². The topological polar surface area (TPSA) is 164 Å². The van der Waals surface area contributed by atoms with Crippen LogP contribution < -0.4 is 11.5 Å². The Bertz CT molecular complexity index is 751. The fourth-order valence-electron chi connectivity index (χ4n) is 1.29. The molecule has 10 nitrogen and oxygen atoms in total. The molecule has 0 aliphatic heterocycles. The first-order chi connectivity index (χ1) is 11.1. The van der Waals surface area contributed by atoms with Crippen molar-refractivity contribution in [3.05, 3.63) is 52.7 Å². The molecule has 4 N–H and O–H groups in total. The number of hydrogen-bond acceptors (Lipinski definition) is 8. The summed E-state index contributed by atoms with van der Waals surface area (Å²) in [5.41, 5.74) is 9.48. The lowest BCUT2D eigenvalue weighted by atomic mass is 10.4. The van der Waals surface area contributed by atoms with Crippen LogP contribution in [-0.2, 0) is 0 Å². The molecule has 0 saturated heterocycles. The van der Waals surface area contributed by atoms with Crippen molar-refractivity contribution < 1.29 is 9.85 Å². The molecule has 2 rings (SSSR count). The maximum Gasteiger partial charge on any atom is 0.331 e. The fraction of sp³-hybridized carbons (Fsp3) is 0. The van der Waals surface area contributed by atoms with Gasteiger partial charge in [0.1, 0.15) is 10.0 Å². The number of hydrogen-bond donors (Lipinski definition) is 2. The first-order valence-corrected chi connectivity index (χ1v) is 7.06. The van der Waals surface area contributed by atoms with Crippen LogP contribution in [-0.4, -0.2) is 19.8 Å². The molecular weight excluding hydrogens is 410 g/mol. The molecule has 0 radical (unpaired) electrons. The van der Waals surface area contributed by atoms with Crippen LogP contribution in [0, 0.1) is 20.2 Å². The zero-order valence-electron chi connectivity index (χ0n) is 11.2. The third-order valence-corrected chi connectivity index (χ3v) is 3.85. The Labute approximate surface area is 153 Å². The van der Waals surface area contributed by atoms with Crippen molar-refractivity contribution in [2.24, 2.45) is 0 Å². The molecule has 0 spiro atoms. The van der Waals surface area contributed by atoms with Gasteiger partial charge in [0, 0.05) is 12.4 Å². The van der Waals surface area contributed by atoms with E-state index in [0.717, 1.165) is 12.4 Å². The average molecular weight is 416 g/mol. The van der Waals surface area contributed by atoms with Crippen LogP contribution in [0.25, 0.3) is 0 Å². The molecule has 2 aromatic rings. The van der Waals surface area contributed by atoms with Crippen LogP contribution in [0.4, 0.5) is 23.0 Å². The van der Waals surface area contributed by atoms with Gasteiger partial charge in [-0.05, 0) is 0 Å². The van der Waals surface area contributed by atoms with Gasteiger partial charge < -0.3 is 11.5 Å². The molecular formula is C10H6Cl4N6O4. The predicted octanol–water partition coefficient (Wildman–Crippen LogP) is 3.76. The monoisotopic (exact) mass is 414 g/mol. The largest absolute Gasteiger partial charge is 0.378 e. The summed E-state index contributed by atoms with van der Waals surface area (Å²) in [7, 11) is 0. The summed E-state index contributed by atoms with van der Waals surface area (Å²) >= 11 is 22.0. The van der Waals surface area contributed by atoms with Crippen LogP contribution in [0.2, 0.25) is 20.1 Å². The first kappa shape index (κ1) is 19.9. The minimum absolute atomic E-state index is 0.0116. The maximum absolute atomic E-state index is 10.3. The summed E-state index contributed by atoms with van der Waals surface area (Å²) < 4.78 is 0. The lowest BCUT2D eigenvalue weighted by Gasteiger charge is -1.98. The van der Waals surface area contributed by atoms with Gasteiger partial charge in [-0.25, -0.2) is 9.97 Å². The second kappa shape index (κ2) is 8.11. The molecule has 2 aromatic heterocycles. The smallest absolute Gasteiger partial charge is 0.331 e. The van der Waals surface area contributed by atoms with Crippen LogP contribution in [0.15, 0.2) is 12.4 Å². The highest BCUT2D eigenvalue weighted by molar-refractivity contribution is 6.44. The van der Waals surface area contributed by atoms with Gasteiger partial charge in [-0.1, -0.05) is 46.4 Å². The molecule has 14 heteroatoms. The van der Waals surface area contributed by atoms with Gasteiger partial charge in [-0.15, -0.1) is 0 Å². The molecule has 0 aliphatic carbocycles. The van der Waals surface area contributed by atoms with Gasteiger partial charge in [-0.3, -0.25) is 20.2 Å². The van der Waals surface area contributed by atoms with Crippen LogP contribution >= 0.6 is 46.4 Å². The van der Waals surface area contributed by atoms with Crippen LogP contribution in [0.5, 0.6) is 0 Å². The van der Waals surface area contributed by atoms with Gasteiger partial charge in [0.2, 0.25) is 11.6 Å². The van der Waals surface area contributed by atoms with E-state index in [9.17, 15) is 20.2 Å². The Hall–Kier alpha value is -2.14. The highest BCUT2D eigenvalue weighted by atomic mass is 35.5. The Morgan fingerprint density at radius 2 is 1.08 bits per heavy atom. The SMILES string of the molecule is Nc1ncc(Cl)c(Cl)c1[N+](=O)[O-].Nc1ncc(Cl)c(Cl)c1[N+](=O)[O-]. The zero-order chi connectivity index (χ0) is 18.6. The van der Waals surface area contributed by atoms with Crippen molar-refractivity contribution in [2.45, 2.75) is 0 Å². The molecule has 24 heavy (non-hydrogen) atoms. The standard InChI is InChI=1S/2C5H3Cl2N3O2/c2*6-2-1-9-5(8)4(3(2)7)10(11)12/h2*1H,(H2,8,9). The summed E-state index contributed by atoms with van der Waals surface area (Å²) in [4.78, 5) is 26.2. The summed E-state index contributed by atoms with van der Waals surface area (Å²) in [5, 5.41) is 20.3. The first-order valence-electron chi connectivity index (χ1n) is 5.55.